The van der Waals surface area contributed by atoms with Crippen LogP contribution in [0.3, 0.4) is 0 Å². The van der Waals surface area contributed by atoms with Gasteiger partial charge < -0.3 is 0 Å². The molecule has 0 heterocycles. The Kier molecular flexibility index (Phi) is 3.48. The summed E-state index contributed by atoms with van der Waals surface area (Å²) >= 11 is 7.79. The van der Waals surface area contributed by atoms with Gasteiger partial charge in [-0.25, -0.2) is 0 Å². The van der Waals surface area contributed by atoms with Gasteiger partial charge in [-0.1, -0.05) is 25.4 Å². The molecule has 12 heavy (non-hydrogen) atoms. The molecule has 0 unspecified atom stereocenters. The highest BCUT2D eigenvalue weighted by Crippen LogP contribution is 2.28. The van der Waals surface area contributed by atoms with Crippen LogP contribution in [0.25, 0.3) is 0 Å². The van der Waals surface area contributed by atoms with E-state index in [4.69, 9.17) is 11.6 Å². The molecule has 0 fully saturated rings. The smallest absolute Gasteiger partial charge is 0.0441 e. The molecule has 1 aromatic carbocycles. The maximum atomic E-state index is 6.04. The van der Waals surface area contributed by atoms with Crippen molar-refractivity contribution in [2.75, 3.05) is 6.26 Å². The van der Waals surface area contributed by atoms with Crippen molar-refractivity contribution < 1.29 is 0 Å². The number of benzene rings is 1. The Labute approximate surface area is 83.3 Å². The fourth-order valence-corrected chi connectivity index (χ4v) is 1.88. The lowest BCUT2D eigenvalue weighted by molar-refractivity contribution is 0.862. The Morgan fingerprint density at radius 1 is 1.33 bits per heavy atom. The lowest BCUT2D eigenvalue weighted by Gasteiger charge is -2.08. The largest absolute Gasteiger partial charge is 0.130 e. The number of hydrogen-bond donors (Lipinski definition) is 0. The zero-order valence-corrected chi connectivity index (χ0v) is 9.17. The predicted molar refractivity (Wildman–Crippen MR) is 57.3 cm³/mol. The molecule has 0 aromatic heterocycles. The first-order valence-electron chi connectivity index (χ1n) is 3.98. The number of hydrogen-bond acceptors (Lipinski definition) is 1. The molecule has 0 saturated heterocycles. The highest BCUT2D eigenvalue weighted by molar-refractivity contribution is 7.98. The molecule has 0 radical (unpaired) electrons. The van der Waals surface area contributed by atoms with Gasteiger partial charge in [0.2, 0.25) is 0 Å². The van der Waals surface area contributed by atoms with Gasteiger partial charge in [0.25, 0.3) is 0 Å². The van der Waals surface area contributed by atoms with Gasteiger partial charge in [0, 0.05) is 9.92 Å². The SMILES string of the molecule is CSc1ccc(Cl)c(C(C)C)c1. The number of rotatable bonds is 2. The van der Waals surface area contributed by atoms with Gasteiger partial charge >= 0.3 is 0 Å². The first-order chi connectivity index (χ1) is 5.65. The summed E-state index contributed by atoms with van der Waals surface area (Å²) in [5.74, 6) is 0.504. The molecular formula is C10H13ClS. The average molecular weight is 201 g/mol. The second-order valence-electron chi connectivity index (χ2n) is 3.04. The summed E-state index contributed by atoms with van der Waals surface area (Å²) in [6.45, 7) is 4.32. The van der Waals surface area contributed by atoms with Gasteiger partial charge in [-0.2, -0.15) is 0 Å². The summed E-state index contributed by atoms with van der Waals surface area (Å²) in [6.07, 6.45) is 2.08. The number of thioether (sulfide) groups is 1. The van der Waals surface area contributed by atoms with Crippen LogP contribution in [0.4, 0.5) is 0 Å². The van der Waals surface area contributed by atoms with Gasteiger partial charge in [0.05, 0.1) is 0 Å². The molecule has 0 aliphatic heterocycles. The van der Waals surface area contributed by atoms with E-state index in [-0.39, 0.29) is 0 Å². The zero-order valence-electron chi connectivity index (χ0n) is 7.60. The summed E-state index contributed by atoms with van der Waals surface area (Å²) in [5.41, 5.74) is 1.24. The quantitative estimate of drug-likeness (QED) is 0.646. The topological polar surface area (TPSA) is 0 Å². The predicted octanol–water partition coefficient (Wildman–Crippen LogP) is 4.19. The molecule has 0 amide bonds. The first kappa shape index (κ1) is 9.94. The van der Waals surface area contributed by atoms with Crippen molar-refractivity contribution in [3.63, 3.8) is 0 Å². The second-order valence-corrected chi connectivity index (χ2v) is 4.33. The minimum atomic E-state index is 0.504. The molecule has 0 nitrogen and oxygen atoms in total. The third-order valence-corrected chi connectivity index (χ3v) is 2.89. The molecule has 0 saturated carbocycles. The van der Waals surface area contributed by atoms with Crippen molar-refractivity contribution in [1.29, 1.82) is 0 Å². The van der Waals surface area contributed by atoms with Crippen LogP contribution in [0, 0.1) is 0 Å². The molecule has 2 heteroatoms. The third kappa shape index (κ3) is 2.18. The van der Waals surface area contributed by atoms with Crippen molar-refractivity contribution in [1.82, 2.24) is 0 Å². The van der Waals surface area contributed by atoms with Crippen LogP contribution in [-0.2, 0) is 0 Å². The summed E-state index contributed by atoms with van der Waals surface area (Å²) in [4.78, 5) is 1.28. The van der Waals surface area contributed by atoms with Crippen LogP contribution in [0.1, 0.15) is 25.3 Å². The van der Waals surface area contributed by atoms with Crippen molar-refractivity contribution in [3.8, 4) is 0 Å². The van der Waals surface area contributed by atoms with E-state index in [1.165, 1.54) is 10.5 Å². The summed E-state index contributed by atoms with van der Waals surface area (Å²) in [6, 6.07) is 6.19. The Bertz CT molecular complexity index is 269. The molecule has 0 spiro atoms. The summed E-state index contributed by atoms with van der Waals surface area (Å²) < 4.78 is 0. The van der Waals surface area contributed by atoms with E-state index < -0.39 is 0 Å². The highest BCUT2D eigenvalue weighted by Gasteiger charge is 2.04. The van der Waals surface area contributed by atoms with Gasteiger partial charge in [0.1, 0.15) is 0 Å². The Balaban J connectivity index is 3.08. The van der Waals surface area contributed by atoms with Gasteiger partial charge in [-0.15, -0.1) is 11.8 Å². The van der Waals surface area contributed by atoms with Crippen molar-refractivity contribution >= 4 is 23.4 Å². The van der Waals surface area contributed by atoms with Crippen LogP contribution in [-0.4, -0.2) is 6.26 Å². The molecule has 0 N–H and O–H groups in total. The van der Waals surface area contributed by atoms with Crippen molar-refractivity contribution in [3.05, 3.63) is 28.8 Å². The van der Waals surface area contributed by atoms with Gasteiger partial charge in [-0.3, -0.25) is 0 Å². The molecule has 0 bridgehead atoms. The fourth-order valence-electron chi connectivity index (χ4n) is 1.09. The molecule has 0 aliphatic carbocycles. The van der Waals surface area contributed by atoms with Crippen LogP contribution in [0.2, 0.25) is 5.02 Å². The van der Waals surface area contributed by atoms with Crippen molar-refractivity contribution in [2.45, 2.75) is 24.7 Å². The average Bonchev–Trinajstić information content (AvgIpc) is 2.05. The molecular weight excluding hydrogens is 188 g/mol. The number of halogens is 1. The minimum Gasteiger partial charge on any atom is -0.130 e. The Hall–Kier alpha value is -0.140. The fraction of sp³-hybridized carbons (Fsp3) is 0.400. The van der Waals surface area contributed by atoms with E-state index in [1.54, 1.807) is 11.8 Å². The maximum Gasteiger partial charge on any atom is 0.0441 e. The summed E-state index contributed by atoms with van der Waals surface area (Å²) in [5, 5.41) is 0.878. The van der Waals surface area contributed by atoms with E-state index in [9.17, 15) is 0 Å². The van der Waals surface area contributed by atoms with Gasteiger partial charge in [0.15, 0.2) is 0 Å². The van der Waals surface area contributed by atoms with E-state index in [2.05, 4.69) is 32.2 Å². The monoisotopic (exact) mass is 200 g/mol. The summed E-state index contributed by atoms with van der Waals surface area (Å²) in [7, 11) is 0. The molecule has 1 rings (SSSR count). The minimum absolute atomic E-state index is 0.504. The van der Waals surface area contributed by atoms with Crippen LogP contribution < -0.4 is 0 Å². The molecule has 1 aromatic rings. The first-order valence-corrected chi connectivity index (χ1v) is 5.59. The Morgan fingerprint density at radius 2 is 2.00 bits per heavy atom. The standard InChI is InChI=1S/C10H13ClS/c1-7(2)9-6-8(12-3)4-5-10(9)11/h4-7H,1-3H3. The van der Waals surface area contributed by atoms with E-state index in [0.29, 0.717) is 5.92 Å². The second kappa shape index (κ2) is 4.20. The lowest BCUT2D eigenvalue weighted by Crippen LogP contribution is -1.88. The van der Waals surface area contributed by atoms with E-state index in [0.717, 1.165) is 5.02 Å². The van der Waals surface area contributed by atoms with Crippen LogP contribution in [0.5, 0.6) is 0 Å². The van der Waals surface area contributed by atoms with Crippen LogP contribution >= 0.6 is 23.4 Å². The van der Waals surface area contributed by atoms with Crippen LogP contribution in [0.15, 0.2) is 23.1 Å². The highest BCUT2D eigenvalue weighted by atomic mass is 35.5. The normalized spacial score (nSPS) is 10.8. The van der Waals surface area contributed by atoms with E-state index in [1.807, 2.05) is 6.07 Å². The molecule has 66 valence electrons. The van der Waals surface area contributed by atoms with Gasteiger partial charge in [-0.05, 0) is 35.9 Å². The molecule has 0 atom stereocenters. The Morgan fingerprint density at radius 3 is 2.50 bits per heavy atom. The van der Waals surface area contributed by atoms with Crippen molar-refractivity contribution in [2.24, 2.45) is 0 Å². The zero-order chi connectivity index (χ0) is 9.14. The molecule has 0 aliphatic rings. The lowest BCUT2D eigenvalue weighted by atomic mass is 10.0. The van der Waals surface area contributed by atoms with E-state index >= 15 is 0 Å². The maximum absolute atomic E-state index is 6.04. The third-order valence-electron chi connectivity index (χ3n) is 1.83.